The molecule has 2 N–H and O–H groups in total. The highest BCUT2D eigenvalue weighted by molar-refractivity contribution is 8.15. The van der Waals surface area contributed by atoms with E-state index in [1.165, 1.54) is 23.1 Å². The number of hydrogen-bond acceptors (Lipinski definition) is 10. The summed E-state index contributed by atoms with van der Waals surface area (Å²) in [6, 6.07) is 10.7. The first kappa shape index (κ1) is 30.3. The van der Waals surface area contributed by atoms with Crippen LogP contribution in [0.25, 0.3) is 6.08 Å². The minimum absolute atomic E-state index is 0.0516. The second-order valence-electron chi connectivity index (χ2n) is 8.54. The Hall–Kier alpha value is -3.71. The summed E-state index contributed by atoms with van der Waals surface area (Å²) in [6.45, 7) is 3.85. The number of cyclic esters (lactones) is 1. The summed E-state index contributed by atoms with van der Waals surface area (Å²) < 4.78 is 48.1. The molecule has 2 heterocycles. The van der Waals surface area contributed by atoms with Crippen LogP contribution in [0.4, 0.5) is 14.9 Å². The van der Waals surface area contributed by atoms with Gasteiger partial charge in [0, 0.05) is 11.6 Å². The normalized spacial score (nSPS) is 17.3. The van der Waals surface area contributed by atoms with Crippen LogP contribution in [0.1, 0.15) is 25.0 Å². The number of rotatable bonds is 12. The number of phosphoric acid groups is 1. The first-order chi connectivity index (χ1) is 19.7. The molecule has 218 valence electrons. The second kappa shape index (κ2) is 13.8. The summed E-state index contributed by atoms with van der Waals surface area (Å²) in [5.74, 6) is -0.856. The van der Waals surface area contributed by atoms with Gasteiger partial charge in [0.25, 0.3) is 5.91 Å². The van der Waals surface area contributed by atoms with Crippen molar-refractivity contribution in [2.45, 2.75) is 20.0 Å². The van der Waals surface area contributed by atoms with Gasteiger partial charge in [0.2, 0.25) is 5.91 Å². The molecule has 0 spiro atoms. The minimum atomic E-state index is -3.71. The van der Waals surface area contributed by atoms with Crippen LogP contribution in [0.3, 0.4) is 0 Å². The number of ether oxygens (including phenoxy) is 1. The standard InChI is InChI=1S/C26H28FN4O8PS/c1-3-36-40(35,37-4-2)39-19-9-5-17(6-10-19)7-12-23(32)28-14-20-15-31(26(34)38-20)18-8-11-21(22(27)13-18)25-30-29-24(33)16-41-25/h5-13,20H,3-4,14-16H2,1-2H3,(H,28,32)(H,29,33)/b12-7+. The monoisotopic (exact) mass is 606 g/mol. The Balaban J connectivity index is 1.27. The first-order valence-electron chi connectivity index (χ1n) is 12.6. The van der Waals surface area contributed by atoms with Crippen molar-refractivity contribution >= 4 is 54.3 Å². The summed E-state index contributed by atoms with van der Waals surface area (Å²) in [5, 5.41) is 6.88. The van der Waals surface area contributed by atoms with Gasteiger partial charge in [0.05, 0.1) is 37.7 Å². The molecule has 12 nitrogen and oxygen atoms in total. The Morgan fingerprint density at radius 2 is 1.95 bits per heavy atom. The number of nitrogens with one attached hydrogen (secondary N) is 2. The van der Waals surface area contributed by atoms with E-state index in [1.807, 2.05) is 0 Å². The largest absolute Gasteiger partial charge is 0.530 e. The van der Waals surface area contributed by atoms with E-state index in [2.05, 4.69) is 15.8 Å². The molecular formula is C26H28FN4O8PS. The number of anilines is 1. The smallest absolute Gasteiger partial charge is 0.442 e. The average molecular weight is 607 g/mol. The van der Waals surface area contributed by atoms with Gasteiger partial charge in [0.15, 0.2) is 0 Å². The van der Waals surface area contributed by atoms with E-state index in [1.54, 1.807) is 50.3 Å². The van der Waals surface area contributed by atoms with Crippen LogP contribution in [0.5, 0.6) is 5.75 Å². The third-order valence-electron chi connectivity index (χ3n) is 5.59. The highest BCUT2D eigenvalue weighted by Gasteiger charge is 2.33. The summed E-state index contributed by atoms with van der Waals surface area (Å²) in [5.41, 5.74) is 3.50. The minimum Gasteiger partial charge on any atom is -0.442 e. The van der Waals surface area contributed by atoms with Crippen molar-refractivity contribution in [2.24, 2.45) is 5.10 Å². The first-order valence-corrected chi connectivity index (χ1v) is 15.1. The van der Waals surface area contributed by atoms with Crippen LogP contribution in [0.15, 0.2) is 53.6 Å². The molecule has 0 radical (unpaired) electrons. The fourth-order valence-corrected chi connectivity index (χ4v) is 5.71. The molecule has 0 aromatic heterocycles. The van der Waals surface area contributed by atoms with Crippen molar-refractivity contribution in [3.8, 4) is 5.75 Å². The Morgan fingerprint density at radius 1 is 1.22 bits per heavy atom. The molecule has 2 aliphatic rings. The number of amides is 3. The summed E-state index contributed by atoms with van der Waals surface area (Å²) >= 11 is 1.12. The molecule has 1 atom stereocenters. The summed E-state index contributed by atoms with van der Waals surface area (Å²) in [7, 11) is -3.71. The van der Waals surface area contributed by atoms with Crippen LogP contribution >= 0.6 is 19.6 Å². The van der Waals surface area contributed by atoms with Gasteiger partial charge in [-0.25, -0.2) is 19.2 Å². The Kier molecular flexibility index (Phi) is 10.2. The number of carbonyl (C=O) groups is 3. The zero-order chi connectivity index (χ0) is 29.4. The van der Waals surface area contributed by atoms with Gasteiger partial charge >= 0.3 is 13.9 Å². The molecule has 41 heavy (non-hydrogen) atoms. The number of hydrogen-bond donors (Lipinski definition) is 2. The zero-order valence-corrected chi connectivity index (χ0v) is 23.9. The molecule has 1 unspecified atom stereocenters. The van der Waals surface area contributed by atoms with Gasteiger partial charge in [-0.05, 0) is 55.8 Å². The van der Waals surface area contributed by atoms with Crippen LogP contribution < -0.4 is 20.2 Å². The van der Waals surface area contributed by atoms with E-state index in [9.17, 15) is 23.3 Å². The van der Waals surface area contributed by atoms with E-state index in [0.717, 1.165) is 11.8 Å². The van der Waals surface area contributed by atoms with Crippen molar-refractivity contribution in [3.63, 3.8) is 0 Å². The molecule has 0 bridgehead atoms. The maximum Gasteiger partial charge on any atom is 0.530 e. The number of hydrazone groups is 1. The third-order valence-corrected chi connectivity index (χ3v) is 8.17. The predicted octanol–water partition coefficient (Wildman–Crippen LogP) is 4.07. The molecular weight excluding hydrogens is 578 g/mol. The number of halogens is 1. The molecule has 2 aromatic carbocycles. The maximum atomic E-state index is 14.8. The summed E-state index contributed by atoms with van der Waals surface area (Å²) in [6.07, 6.45) is 1.59. The van der Waals surface area contributed by atoms with Crippen LogP contribution in [-0.4, -0.2) is 61.1 Å². The van der Waals surface area contributed by atoms with Crippen molar-refractivity contribution in [1.82, 2.24) is 10.7 Å². The van der Waals surface area contributed by atoms with Crippen molar-refractivity contribution in [2.75, 3.05) is 37.0 Å². The van der Waals surface area contributed by atoms with Gasteiger partial charge in [-0.2, -0.15) is 5.10 Å². The van der Waals surface area contributed by atoms with Gasteiger partial charge in [0.1, 0.15) is 22.7 Å². The van der Waals surface area contributed by atoms with Crippen molar-refractivity contribution in [3.05, 3.63) is 65.5 Å². The molecule has 0 saturated carbocycles. The molecule has 2 aliphatic heterocycles. The quantitative estimate of drug-likeness (QED) is 0.270. The SMILES string of the molecule is CCOP(=O)(OCC)Oc1ccc(/C=C/C(=O)NCC2CN(c3ccc(C4=NNC(=O)CS4)c(F)c3)C(=O)O2)cc1. The molecule has 4 rings (SSSR count). The van der Waals surface area contributed by atoms with E-state index in [0.29, 0.717) is 16.3 Å². The molecule has 2 aromatic rings. The fourth-order valence-electron chi connectivity index (χ4n) is 3.75. The maximum absolute atomic E-state index is 14.8. The molecule has 0 aliphatic carbocycles. The van der Waals surface area contributed by atoms with Crippen LogP contribution in [-0.2, 0) is 27.9 Å². The van der Waals surface area contributed by atoms with E-state index in [-0.39, 0.29) is 49.3 Å². The van der Waals surface area contributed by atoms with E-state index >= 15 is 0 Å². The Bertz CT molecular complexity index is 1390. The van der Waals surface area contributed by atoms with Gasteiger partial charge < -0.3 is 14.6 Å². The number of thioether (sulfide) groups is 1. The van der Waals surface area contributed by atoms with E-state index < -0.39 is 31.7 Å². The lowest BCUT2D eigenvalue weighted by Crippen LogP contribution is -2.33. The predicted molar refractivity (Wildman–Crippen MR) is 151 cm³/mol. The number of nitrogens with zero attached hydrogens (tertiary/aromatic N) is 2. The highest BCUT2D eigenvalue weighted by Crippen LogP contribution is 2.49. The van der Waals surface area contributed by atoms with Gasteiger partial charge in [-0.3, -0.25) is 23.5 Å². The summed E-state index contributed by atoms with van der Waals surface area (Å²) in [4.78, 5) is 37.3. The number of carbonyl (C=O) groups excluding carboxylic acids is 3. The lowest BCUT2D eigenvalue weighted by atomic mass is 10.2. The van der Waals surface area contributed by atoms with Crippen LogP contribution in [0.2, 0.25) is 0 Å². The lowest BCUT2D eigenvalue weighted by molar-refractivity contribution is -0.118. The molecule has 3 amide bonds. The fraction of sp³-hybridized carbons (Fsp3) is 0.308. The van der Waals surface area contributed by atoms with Gasteiger partial charge in [-0.15, -0.1) is 0 Å². The molecule has 15 heteroatoms. The number of benzene rings is 2. The Labute approximate surface area is 239 Å². The second-order valence-corrected chi connectivity index (χ2v) is 11.1. The Morgan fingerprint density at radius 3 is 2.59 bits per heavy atom. The van der Waals surface area contributed by atoms with Crippen LogP contribution in [0, 0.1) is 5.82 Å². The zero-order valence-electron chi connectivity index (χ0n) is 22.2. The van der Waals surface area contributed by atoms with E-state index in [4.69, 9.17) is 18.3 Å². The lowest BCUT2D eigenvalue weighted by Gasteiger charge is -2.16. The van der Waals surface area contributed by atoms with Crippen molar-refractivity contribution in [1.29, 1.82) is 0 Å². The highest BCUT2D eigenvalue weighted by atomic mass is 32.2. The third kappa shape index (κ3) is 8.17. The van der Waals surface area contributed by atoms with Gasteiger partial charge in [-0.1, -0.05) is 23.9 Å². The number of phosphoric ester groups is 1. The molecule has 1 saturated heterocycles. The average Bonchev–Trinajstić information content (AvgIpc) is 3.32. The van der Waals surface area contributed by atoms with Crippen molar-refractivity contribution < 1.29 is 41.6 Å². The topological polar surface area (TPSA) is 145 Å². The molecule has 1 fully saturated rings.